The molecule has 0 saturated carbocycles. The minimum absolute atomic E-state index is 0. The van der Waals surface area contributed by atoms with Gasteiger partial charge in [-0.3, -0.25) is 9.48 Å². The van der Waals surface area contributed by atoms with Crippen molar-refractivity contribution in [3.8, 4) is 5.88 Å². The molecule has 24 heavy (non-hydrogen) atoms. The van der Waals surface area contributed by atoms with Gasteiger partial charge >= 0.3 is 0 Å². The Balaban J connectivity index is 0.00000208. The van der Waals surface area contributed by atoms with E-state index in [-0.39, 0.29) is 18.3 Å². The van der Waals surface area contributed by atoms with Gasteiger partial charge in [0.15, 0.2) is 0 Å². The number of rotatable bonds is 7. The molecule has 1 aliphatic rings. The van der Waals surface area contributed by atoms with E-state index in [0.717, 1.165) is 25.3 Å². The lowest BCUT2D eigenvalue weighted by Gasteiger charge is -2.13. The van der Waals surface area contributed by atoms with Crippen LogP contribution in [0.5, 0.6) is 5.88 Å². The molecule has 3 heterocycles. The van der Waals surface area contributed by atoms with Crippen LogP contribution in [0.1, 0.15) is 23.5 Å². The van der Waals surface area contributed by atoms with Gasteiger partial charge in [-0.25, -0.2) is 4.63 Å². The summed E-state index contributed by atoms with van der Waals surface area (Å²) in [4.78, 5) is 11.8. The normalized spacial score (nSPS) is 13.0. The summed E-state index contributed by atoms with van der Waals surface area (Å²) in [6.45, 7) is 5.14. The number of hydrogen-bond acceptors (Lipinski definition) is 7. The van der Waals surface area contributed by atoms with Crippen LogP contribution in [0.15, 0.2) is 10.7 Å². The summed E-state index contributed by atoms with van der Waals surface area (Å²) in [7, 11) is 0. The second-order valence-corrected chi connectivity index (χ2v) is 5.38. The fraction of sp³-hybridized carbons (Fsp3) is 0.571. The van der Waals surface area contributed by atoms with Crippen molar-refractivity contribution in [2.24, 2.45) is 0 Å². The van der Waals surface area contributed by atoms with Crippen LogP contribution in [-0.4, -0.2) is 45.7 Å². The number of fused-ring (bicyclic) bond motifs is 1. The van der Waals surface area contributed by atoms with Crippen molar-refractivity contribution in [2.75, 3.05) is 19.7 Å². The Morgan fingerprint density at radius 2 is 2.38 bits per heavy atom. The predicted molar refractivity (Wildman–Crippen MR) is 87.0 cm³/mol. The van der Waals surface area contributed by atoms with E-state index in [1.807, 2.05) is 4.68 Å². The number of nitrogens with one attached hydrogen (secondary N) is 2. The second kappa shape index (κ2) is 8.65. The van der Waals surface area contributed by atoms with E-state index in [1.54, 1.807) is 6.92 Å². The van der Waals surface area contributed by atoms with E-state index >= 15 is 0 Å². The summed E-state index contributed by atoms with van der Waals surface area (Å²) >= 11 is 0. The molecular formula is C14H21ClN6O3. The smallest absolute Gasteiger partial charge is 0.278 e. The maximum Gasteiger partial charge on any atom is 0.278 e. The Hall–Kier alpha value is -2.13. The van der Waals surface area contributed by atoms with E-state index in [2.05, 4.69) is 36.7 Å². The fourth-order valence-electron chi connectivity index (χ4n) is 2.40. The Morgan fingerprint density at radius 3 is 3.12 bits per heavy atom. The van der Waals surface area contributed by atoms with Gasteiger partial charge in [-0.15, -0.1) is 12.4 Å². The summed E-state index contributed by atoms with van der Waals surface area (Å²) in [6.07, 6.45) is 1.05. The van der Waals surface area contributed by atoms with Gasteiger partial charge in [0.05, 0.1) is 24.5 Å². The molecule has 1 amide bonds. The highest BCUT2D eigenvalue weighted by atomic mass is 35.5. The van der Waals surface area contributed by atoms with Crippen molar-refractivity contribution in [3.63, 3.8) is 0 Å². The van der Waals surface area contributed by atoms with Gasteiger partial charge in [0, 0.05) is 25.9 Å². The third kappa shape index (κ3) is 4.68. The van der Waals surface area contributed by atoms with Gasteiger partial charge in [0.1, 0.15) is 12.3 Å². The molecule has 0 unspecified atom stereocenters. The lowest BCUT2D eigenvalue weighted by atomic mass is 10.2. The third-order valence-corrected chi connectivity index (χ3v) is 3.60. The van der Waals surface area contributed by atoms with Gasteiger partial charge < -0.3 is 15.4 Å². The molecule has 0 radical (unpaired) electrons. The molecule has 2 N–H and O–H groups in total. The molecule has 0 aromatic carbocycles. The molecule has 9 nitrogen and oxygen atoms in total. The highest BCUT2D eigenvalue weighted by Crippen LogP contribution is 2.10. The summed E-state index contributed by atoms with van der Waals surface area (Å²) in [5, 5.41) is 17.8. The monoisotopic (exact) mass is 356 g/mol. The molecule has 1 aliphatic heterocycles. The topological polar surface area (TPSA) is 107 Å². The standard InChI is InChI=1S/C14H20N6O3.ClH/c1-10-14(19-23-18-10)22-7-5-16-13(21)3-2-11-8-12-9-15-4-6-20(12)17-11;/h8,15H,2-7,9H2,1H3,(H,16,21);1H. The minimum atomic E-state index is -0.0207. The third-order valence-electron chi connectivity index (χ3n) is 3.60. The zero-order valence-corrected chi connectivity index (χ0v) is 14.3. The molecule has 0 spiro atoms. The van der Waals surface area contributed by atoms with Crippen molar-refractivity contribution < 1.29 is 14.2 Å². The first-order valence-corrected chi connectivity index (χ1v) is 7.67. The zero-order valence-electron chi connectivity index (χ0n) is 13.4. The van der Waals surface area contributed by atoms with Crippen LogP contribution < -0.4 is 15.4 Å². The van der Waals surface area contributed by atoms with Crippen molar-refractivity contribution >= 4 is 18.3 Å². The van der Waals surface area contributed by atoms with Crippen LogP contribution in [0.3, 0.4) is 0 Å². The van der Waals surface area contributed by atoms with Crippen LogP contribution in [-0.2, 0) is 24.3 Å². The van der Waals surface area contributed by atoms with Gasteiger partial charge in [-0.2, -0.15) is 5.10 Å². The number of nitrogens with zero attached hydrogens (tertiary/aromatic N) is 4. The van der Waals surface area contributed by atoms with Gasteiger partial charge in [0.25, 0.3) is 5.88 Å². The van der Waals surface area contributed by atoms with Crippen LogP contribution in [0.25, 0.3) is 0 Å². The zero-order chi connectivity index (χ0) is 16.1. The largest absolute Gasteiger partial charge is 0.472 e. The molecule has 3 rings (SSSR count). The number of hydrogen-bond donors (Lipinski definition) is 2. The van der Waals surface area contributed by atoms with E-state index in [0.29, 0.717) is 37.6 Å². The number of aryl methyl sites for hydroxylation is 2. The Labute approximate surface area is 145 Å². The number of halogens is 1. The Morgan fingerprint density at radius 1 is 1.50 bits per heavy atom. The Kier molecular flexibility index (Phi) is 6.56. The average Bonchev–Trinajstić information content (AvgIpc) is 3.15. The SMILES string of the molecule is Cc1nonc1OCCNC(=O)CCc1cc2n(n1)CCNC2.Cl. The average molecular weight is 357 g/mol. The van der Waals surface area contributed by atoms with Gasteiger partial charge in [-0.05, 0) is 18.1 Å². The molecule has 2 aromatic rings. The summed E-state index contributed by atoms with van der Waals surface area (Å²) in [5.74, 6) is 0.337. The Bertz CT molecular complexity index is 648. The number of carbonyl (C=O) groups excluding carboxylic acids is 1. The molecule has 0 atom stereocenters. The van der Waals surface area contributed by atoms with E-state index < -0.39 is 0 Å². The van der Waals surface area contributed by atoms with Crippen molar-refractivity contribution in [1.82, 2.24) is 30.7 Å². The first kappa shape index (κ1) is 18.2. The number of aromatic nitrogens is 4. The van der Waals surface area contributed by atoms with Crippen molar-refractivity contribution in [2.45, 2.75) is 32.9 Å². The molecule has 10 heteroatoms. The highest BCUT2D eigenvalue weighted by molar-refractivity contribution is 5.85. The quantitative estimate of drug-likeness (QED) is 0.683. The maximum absolute atomic E-state index is 11.8. The molecule has 132 valence electrons. The van der Waals surface area contributed by atoms with Crippen LogP contribution in [0.2, 0.25) is 0 Å². The highest BCUT2D eigenvalue weighted by Gasteiger charge is 2.12. The molecule has 0 saturated heterocycles. The second-order valence-electron chi connectivity index (χ2n) is 5.38. The van der Waals surface area contributed by atoms with Crippen molar-refractivity contribution in [1.29, 1.82) is 0 Å². The van der Waals surface area contributed by atoms with E-state index in [4.69, 9.17) is 4.74 Å². The lowest BCUT2D eigenvalue weighted by Crippen LogP contribution is -2.28. The van der Waals surface area contributed by atoms with Crippen LogP contribution >= 0.6 is 12.4 Å². The first-order chi connectivity index (χ1) is 11.2. The van der Waals surface area contributed by atoms with Crippen molar-refractivity contribution in [3.05, 3.63) is 23.1 Å². The summed E-state index contributed by atoms with van der Waals surface area (Å²) in [6, 6.07) is 2.06. The minimum Gasteiger partial charge on any atom is -0.472 e. The van der Waals surface area contributed by atoms with Gasteiger partial charge in [0.2, 0.25) is 5.91 Å². The first-order valence-electron chi connectivity index (χ1n) is 7.67. The summed E-state index contributed by atoms with van der Waals surface area (Å²) < 4.78 is 11.9. The summed E-state index contributed by atoms with van der Waals surface area (Å²) in [5.41, 5.74) is 2.73. The number of amides is 1. The number of carbonyl (C=O) groups is 1. The van der Waals surface area contributed by atoms with Gasteiger partial charge in [-0.1, -0.05) is 5.16 Å². The predicted octanol–water partition coefficient (Wildman–Crippen LogP) is 0.227. The number of ether oxygens (including phenoxy) is 1. The lowest BCUT2D eigenvalue weighted by molar-refractivity contribution is -0.121. The fourth-order valence-corrected chi connectivity index (χ4v) is 2.40. The molecule has 0 fully saturated rings. The molecular weight excluding hydrogens is 336 g/mol. The molecule has 2 aromatic heterocycles. The van der Waals surface area contributed by atoms with Crippen LogP contribution in [0, 0.1) is 6.92 Å². The van der Waals surface area contributed by atoms with E-state index in [1.165, 1.54) is 5.69 Å². The van der Waals surface area contributed by atoms with Crippen LogP contribution in [0.4, 0.5) is 0 Å². The van der Waals surface area contributed by atoms with E-state index in [9.17, 15) is 4.79 Å². The maximum atomic E-state index is 11.8. The molecule has 0 aliphatic carbocycles. The molecule has 0 bridgehead atoms.